The standard InChI is InChI=1S/C12H10N2O2/c1-16-12(15)10-4-7-14-8-11(10)9-2-5-13-6-3-9/h2-8H,1H3. The van der Waals surface area contributed by atoms with E-state index in [0.717, 1.165) is 11.1 Å². The Morgan fingerprint density at radius 1 is 1.12 bits per heavy atom. The predicted octanol–water partition coefficient (Wildman–Crippen LogP) is 1.93. The maximum atomic E-state index is 11.5. The molecule has 16 heavy (non-hydrogen) atoms. The summed E-state index contributed by atoms with van der Waals surface area (Å²) in [6.45, 7) is 0. The number of carbonyl (C=O) groups is 1. The summed E-state index contributed by atoms with van der Waals surface area (Å²) in [6.07, 6.45) is 6.55. The fourth-order valence-corrected chi connectivity index (χ4v) is 1.44. The lowest BCUT2D eigenvalue weighted by Crippen LogP contribution is -2.03. The summed E-state index contributed by atoms with van der Waals surface area (Å²) in [5.74, 6) is -0.366. The molecule has 0 bridgehead atoms. The van der Waals surface area contributed by atoms with E-state index < -0.39 is 0 Å². The molecule has 4 nitrogen and oxygen atoms in total. The van der Waals surface area contributed by atoms with Gasteiger partial charge in [0, 0.05) is 30.4 Å². The minimum atomic E-state index is -0.366. The molecule has 0 aliphatic heterocycles. The van der Waals surface area contributed by atoms with E-state index in [1.807, 2.05) is 12.1 Å². The van der Waals surface area contributed by atoms with Crippen LogP contribution in [0.2, 0.25) is 0 Å². The van der Waals surface area contributed by atoms with Gasteiger partial charge in [-0.2, -0.15) is 0 Å². The van der Waals surface area contributed by atoms with Crippen LogP contribution in [-0.2, 0) is 4.74 Å². The number of nitrogens with zero attached hydrogens (tertiary/aromatic N) is 2. The summed E-state index contributed by atoms with van der Waals surface area (Å²) in [5, 5.41) is 0. The van der Waals surface area contributed by atoms with E-state index in [2.05, 4.69) is 9.97 Å². The number of esters is 1. The molecule has 4 heteroatoms. The van der Waals surface area contributed by atoms with Gasteiger partial charge in [-0.25, -0.2) is 4.79 Å². The van der Waals surface area contributed by atoms with Crippen molar-refractivity contribution in [1.29, 1.82) is 0 Å². The molecule has 0 radical (unpaired) electrons. The van der Waals surface area contributed by atoms with Crippen LogP contribution in [0.4, 0.5) is 0 Å². The second kappa shape index (κ2) is 4.53. The number of hydrogen-bond acceptors (Lipinski definition) is 4. The molecule has 0 N–H and O–H groups in total. The van der Waals surface area contributed by atoms with Gasteiger partial charge in [-0.05, 0) is 23.8 Å². The molecule has 2 rings (SSSR count). The van der Waals surface area contributed by atoms with Crippen molar-refractivity contribution in [2.24, 2.45) is 0 Å². The highest BCUT2D eigenvalue weighted by molar-refractivity contribution is 5.96. The van der Waals surface area contributed by atoms with Crippen LogP contribution in [0.5, 0.6) is 0 Å². The first-order chi connectivity index (χ1) is 7.83. The van der Waals surface area contributed by atoms with Gasteiger partial charge in [-0.3, -0.25) is 9.97 Å². The Hall–Kier alpha value is -2.23. The topological polar surface area (TPSA) is 52.1 Å². The van der Waals surface area contributed by atoms with Gasteiger partial charge in [-0.1, -0.05) is 0 Å². The van der Waals surface area contributed by atoms with Crippen molar-refractivity contribution in [1.82, 2.24) is 9.97 Å². The Morgan fingerprint density at radius 3 is 2.50 bits per heavy atom. The molecule has 80 valence electrons. The third kappa shape index (κ3) is 1.91. The van der Waals surface area contributed by atoms with E-state index in [4.69, 9.17) is 4.74 Å². The summed E-state index contributed by atoms with van der Waals surface area (Å²) in [5.41, 5.74) is 2.14. The van der Waals surface area contributed by atoms with E-state index >= 15 is 0 Å². The van der Waals surface area contributed by atoms with Gasteiger partial charge >= 0.3 is 5.97 Å². The first-order valence-electron chi connectivity index (χ1n) is 4.75. The summed E-state index contributed by atoms with van der Waals surface area (Å²) >= 11 is 0. The number of methoxy groups -OCH3 is 1. The highest BCUT2D eigenvalue weighted by atomic mass is 16.5. The molecule has 0 unspecified atom stereocenters. The fourth-order valence-electron chi connectivity index (χ4n) is 1.44. The molecule has 0 aliphatic carbocycles. The van der Waals surface area contributed by atoms with Crippen LogP contribution in [0.25, 0.3) is 11.1 Å². The van der Waals surface area contributed by atoms with Crippen LogP contribution in [0.3, 0.4) is 0 Å². The van der Waals surface area contributed by atoms with Gasteiger partial charge in [0.15, 0.2) is 0 Å². The van der Waals surface area contributed by atoms with Gasteiger partial charge in [0.25, 0.3) is 0 Å². The SMILES string of the molecule is COC(=O)c1ccncc1-c1ccncc1. The Balaban J connectivity index is 2.53. The van der Waals surface area contributed by atoms with Gasteiger partial charge in [-0.15, -0.1) is 0 Å². The molecule has 2 aromatic rings. The minimum absolute atomic E-state index is 0.366. The van der Waals surface area contributed by atoms with E-state index in [1.54, 1.807) is 30.9 Å². The molecule has 0 saturated heterocycles. The second-order valence-corrected chi connectivity index (χ2v) is 3.15. The normalized spacial score (nSPS) is 9.81. The number of aromatic nitrogens is 2. The van der Waals surface area contributed by atoms with Crippen LogP contribution < -0.4 is 0 Å². The average molecular weight is 214 g/mol. The molecule has 0 atom stereocenters. The Kier molecular flexibility index (Phi) is 2.91. The minimum Gasteiger partial charge on any atom is -0.465 e. The van der Waals surface area contributed by atoms with Crippen LogP contribution in [0.15, 0.2) is 43.0 Å². The van der Waals surface area contributed by atoms with Crippen molar-refractivity contribution in [2.45, 2.75) is 0 Å². The molecule has 0 aliphatic rings. The smallest absolute Gasteiger partial charge is 0.338 e. The first kappa shape index (κ1) is 10.3. The largest absolute Gasteiger partial charge is 0.465 e. The molecule has 2 aromatic heterocycles. The van der Waals surface area contributed by atoms with Gasteiger partial charge < -0.3 is 4.74 Å². The highest BCUT2D eigenvalue weighted by Crippen LogP contribution is 2.22. The Bertz CT molecular complexity index is 497. The van der Waals surface area contributed by atoms with Crippen molar-refractivity contribution in [2.75, 3.05) is 7.11 Å². The van der Waals surface area contributed by atoms with Gasteiger partial charge in [0.05, 0.1) is 12.7 Å². The first-order valence-corrected chi connectivity index (χ1v) is 4.75. The van der Waals surface area contributed by atoms with Crippen molar-refractivity contribution < 1.29 is 9.53 Å². The molecule has 0 saturated carbocycles. The summed E-state index contributed by atoms with van der Waals surface area (Å²) < 4.78 is 4.72. The van der Waals surface area contributed by atoms with Gasteiger partial charge in [0.2, 0.25) is 0 Å². The van der Waals surface area contributed by atoms with Crippen LogP contribution >= 0.6 is 0 Å². The third-order valence-corrected chi connectivity index (χ3v) is 2.22. The monoisotopic (exact) mass is 214 g/mol. The zero-order valence-corrected chi connectivity index (χ0v) is 8.75. The number of hydrogen-bond donors (Lipinski definition) is 0. The number of pyridine rings is 2. The second-order valence-electron chi connectivity index (χ2n) is 3.15. The van der Waals surface area contributed by atoms with E-state index in [0.29, 0.717) is 5.56 Å². The zero-order chi connectivity index (χ0) is 11.4. The van der Waals surface area contributed by atoms with E-state index in [9.17, 15) is 4.79 Å². The van der Waals surface area contributed by atoms with Crippen molar-refractivity contribution in [3.63, 3.8) is 0 Å². The van der Waals surface area contributed by atoms with Crippen molar-refractivity contribution in [3.8, 4) is 11.1 Å². The molecule has 0 amide bonds. The van der Waals surface area contributed by atoms with Crippen LogP contribution in [-0.4, -0.2) is 23.0 Å². The average Bonchev–Trinajstić information content (AvgIpc) is 2.39. The lowest BCUT2D eigenvalue weighted by molar-refractivity contribution is 0.0601. The fraction of sp³-hybridized carbons (Fsp3) is 0.0833. The molecular weight excluding hydrogens is 204 g/mol. The molecule has 2 heterocycles. The van der Waals surface area contributed by atoms with Crippen molar-refractivity contribution in [3.05, 3.63) is 48.5 Å². The molecular formula is C12H10N2O2. The van der Waals surface area contributed by atoms with E-state index in [-0.39, 0.29) is 5.97 Å². The molecule has 0 fully saturated rings. The highest BCUT2D eigenvalue weighted by Gasteiger charge is 2.12. The summed E-state index contributed by atoms with van der Waals surface area (Å²) in [6, 6.07) is 5.29. The van der Waals surface area contributed by atoms with Crippen LogP contribution in [0, 0.1) is 0 Å². The zero-order valence-electron chi connectivity index (χ0n) is 8.75. The molecule has 0 spiro atoms. The lowest BCUT2D eigenvalue weighted by Gasteiger charge is -2.06. The number of rotatable bonds is 2. The number of carbonyl (C=O) groups excluding carboxylic acids is 1. The number of ether oxygens (including phenoxy) is 1. The van der Waals surface area contributed by atoms with E-state index in [1.165, 1.54) is 7.11 Å². The van der Waals surface area contributed by atoms with Crippen molar-refractivity contribution >= 4 is 5.97 Å². The third-order valence-electron chi connectivity index (χ3n) is 2.22. The quantitative estimate of drug-likeness (QED) is 0.717. The maximum Gasteiger partial charge on any atom is 0.338 e. The summed E-state index contributed by atoms with van der Waals surface area (Å²) in [7, 11) is 1.36. The van der Waals surface area contributed by atoms with Crippen LogP contribution in [0.1, 0.15) is 10.4 Å². The predicted molar refractivity (Wildman–Crippen MR) is 58.8 cm³/mol. The maximum absolute atomic E-state index is 11.5. The Labute approximate surface area is 92.9 Å². The molecule has 0 aromatic carbocycles. The lowest BCUT2D eigenvalue weighted by atomic mass is 10.0. The summed E-state index contributed by atoms with van der Waals surface area (Å²) in [4.78, 5) is 19.5. The van der Waals surface area contributed by atoms with Gasteiger partial charge in [0.1, 0.15) is 0 Å². The Morgan fingerprint density at radius 2 is 1.81 bits per heavy atom.